The van der Waals surface area contributed by atoms with Crippen LogP contribution in [0.3, 0.4) is 0 Å². The molecule has 0 aliphatic heterocycles. The number of hydrogen-bond acceptors (Lipinski definition) is 5. The zero-order valence-corrected chi connectivity index (χ0v) is 7.52. The van der Waals surface area contributed by atoms with Crippen molar-refractivity contribution in [2.45, 2.75) is 6.92 Å². The van der Waals surface area contributed by atoms with Gasteiger partial charge in [0.2, 0.25) is 5.65 Å². The number of nitrogens with one attached hydrogen (secondary N) is 1. The highest BCUT2D eigenvalue weighted by atomic mass is 16.5. The molecule has 2 aromatic heterocycles. The van der Waals surface area contributed by atoms with E-state index in [0.29, 0.717) is 23.3 Å². The van der Waals surface area contributed by atoms with Crippen molar-refractivity contribution in [2.75, 3.05) is 6.61 Å². The van der Waals surface area contributed by atoms with E-state index in [-0.39, 0.29) is 0 Å². The number of ether oxygens (including phenoxy) is 1. The van der Waals surface area contributed by atoms with Gasteiger partial charge in [-0.2, -0.15) is 10.3 Å². The van der Waals surface area contributed by atoms with Gasteiger partial charge in [-0.1, -0.05) is 0 Å². The summed E-state index contributed by atoms with van der Waals surface area (Å²) in [6, 6.07) is 1.56. The summed E-state index contributed by atoms with van der Waals surface area (Å²) in [5.41, 5.74) is 1.23. The second-order valence-corrected chi connectivity index (χ2v) is 2.57. The first-order valence-corrected chi connectivity index (χ1v) is 4.15. The summed E-state index contributed by atoms with van der Waals surface area (Å²) in [5, 5.41) is 9.99. The van der Waals surface area contributed by atoms with Crippen LogP contribution in [-0.4, -0.2) is 33.0 Å². The van der Waals surface area contributed by atoms with Crippen molar-refractivity contribution in [1.29, 1.82) is 0 Å². The van der Waals surface area contributed by atoms with Crippen molar-refractivity contribution in [3.63, 3.8) is 0 Å². The Morgan fingerprint density at radius 1 is 1.57 bits per heavy atom. The molecular weight excluding hydrogens is 184 g/mol. The maximum absolute atomic E-state index is 11.4. The number of pyridine rings is 1. The van der Waals surface area contributed by atoms with E-state index in [0.717, 1.165) is 0 Å². The first-order valence-electron chi connectivity index (χ1n) is 4.15. The maximum atomic E-state index is 11.4. The standard InChI is InChI=1S/C8H8N4O2/c1-2-14-8(13)5-3-4-9-7-6(5)10-12-11-7/h3-4H,2H2,1H3,(H,9,10,11,12). The molecule has 1 N–H and O–H groups in total. The van der Waals surface area contributed by atoms with Crippen molar-refractivity contribution >= 4 is 17.1 Å². The Kier molecular flexibility index (Phi) is 2.10. The van der Waals surface area contributed by atoms with Crippen LogP contribution in [0.15, 0.2) is 12.3 Å². The molecule has 0 aliphatic rings. The van der Waals surface area contributed by atoms with Crippen LogP contribution in [0.4, 0.5) is 0 Å². The SMILES string of the molecule is CCOC(=O)c1ccnc2n[nH]nc12. The molecule has 0 aromatic carbocycles. The zero-order valence-electron chi connectivity index (χ0n) is 7.52. The van der Waals surface area contributed by atoms with E-state index in [9.17, 15) is 4.79 Å². The highest BCUT2D eigenvalue weighted by Crippen LogP contribution is 2.11. The van der Waals surface area contributed by atoms with E-state index in [1.54, 1.807) is 13.0 Å². The van der Waals surface area contributed by atoms with Crippen LogP contribution in [0.1, 0.15) is 17.3 Å². The Bertz CT molecular complexity index is 465. The monoisotopic (exact) mass is 192 g/mol. The molecule has 6 heteroatoms. The summed E-state index contributed by atoms with van der Waals surface area (Å²) in [4.78, 5) is 15.4. The number of fused-ring (bicyclic) bond motifs is 1. The summed E-state index contributed by atoms with van der Waals surface area (Å²) in [7, 11) is 0. The van der Waals surface area contributed by atoms with Crippen molar-refractivity contribution in [3.05, 3.63) is 17.8 Å². The average molecular weight is 192 g/mol. The minimum atomic E-state index is -0.409. The minimum absolute atomic E-state index is 0.334. The van der Waals surface area contributed by atoms with Gasteiger partial charge >= 0.3 is 5.97 Å². The third-order valence-corrected chi connectivity index (χ3v) is 1.72. The lowest BCUT2D eigenvalue weighted by Crippen LogP contribution is -2.05. The van der Waals surface area contributed by atoms with Crippen LogP contribution in [-0.2, 0) is 4.74 Å². The number of hydrogen-bond donors (Lipinski definition) is 1. The van der Waals surface area contributed by atoms with E-state index < -0.39 is 5.97 Å². The van der Waals surface area contributed by atoms with E-state index in [4.69, 9.17) is 4.74 Å². The number of esters is 1. The smallest absolute Gasteiger partial charge is 0.340 e. The van der Waals surface area contributed by atoms with Crippen LogP contribution >= 0.6 is 0 Å². The molecule has 0 saturated heterocycles. The Balaban J connectivity index is 2.50. The molecule has 6 nitrogen and oxygen atoms in total. The fraction of sp³-hybridized carbons (Fsp3) is 0.250. The topological polar surface area (TPSA) is 80.8 Å². The van der Waals surface area contributed by atoms with Crippen molar-refractivity contribution in [1.82, 2.24) is 20.4 Å². The van der Waals surface area contributed by atoms with Gasteiger partial charge in [0.15, 0.2) is 0 Å². The average Bonchev–Trinajstić information content (AvgIpc) is 2.65. The molecule has 0 fully saturated rings. The summed E-state index contributed by atoms with van der Waals surface area (Å²) < 4.78 is 4.86. The molecule has 2 rings (SSSR count). The molecule has 0 amide bonds. The van der Waals surface area contributed by atoms with Gasteiger partial charge in [-0.05, 0) is 13.0 Å². The van der Waals surface area contributed by atoms with Crippen LogP contribution < -0.4 is 0 Å². The Hall–Kier alpha value is -1.98. The predicted octanol–water partition coefficient (Wildman–Crippen LogP) is 0.530. The Morgan fingerprint density at radius 2 is 2.43 bits per heavy atom. The lowest BCUT2D eigenvalue weighted by atomic mass is 10.2. The largest absolute Gasteiger partial charge is 0.462 e. The van der Waals surface area contributed by atoms with Gasteiger partial charge in [0, 0.05) is 6.20 Å². The van der Waals surface area contributed by atoms with Gasteiger partial charge < -0.3 is 4.74 Å². The number of aromatic amines is 1. The van der Waals surface area contributed by atoms with Gasteiger partial charge in [-0.3, -0.25) is 0 Å². The summed E-state index contributed by atoms with van der Waals surface area (Å²) in [6.07, 6.45) is 1.50. The predicted molar refractivity (Wildman–Crippen MR) is 47.6 cm³/mol. The van der Waals surface area contributed by atoms with Crippen LogP contribution in [0.25, 0.3) is 11.2 Å². The van der Waals surface area contributed by atoms with Gasteiger partial charge in [0.1, 0.15) is 5.52 Å². The molecule has 0 radical (unpaired) electrons. The van der Waals surface area contributed by atoms with E-state index >= 15 is 0 Å². The van der Waals surface area contributed by atoms with Crippen LogP contribution in [0.5, 0.6) is 0 Å². The molecule has 0 atom stereocenters. The summed E-state index contributed by atoms with van der Waals surface area (Å²) in [5.74, 6) is -0.409. The molecule has 0 bridgehead atoms. The normalized spacial score (nSPS) is 10.4. The van der Waals surface area contributed by atoms with Gasteiger partial charge in [0.05, 0.1) is 12.2 Å². The molecule has 72 valence electrons. The molecular formula is C8H8N4O2. The lowest BCUT2D eigenvalue weighted by Gasteiger charge is -2.00. The third-order valence-electron chi connectivity index (χ3n) is 1.72. The molecule has 2 aromatic rings. The Labute approximate surface area is 79.3 Å². The second-order valence-electron chi connectivity index (χ2n) is 2.57. The fourth-order valence-electron chi connectivity index (χ4n) is 1.13. The first-order chi connectivity index (χ1) is 6.83. The minimum Gasteiger partial charge on any atom is -0.462 e. The third kappa shape index (κ3) is 1.30. The molecule has 2 heterocycles. The van der Waals surface area contributed by atoms with Gasteiger partial charge in [0.25, 0.3) is 0 Å². The summed E-state index contributed by atoms with van der Waals surface area (Å²) in [6.45, 7) is 2.08. The van der Waals surface area contributed by atoms with Crippen LogP contribution in [0, 0.1) is 0 Å². The number of rotatable bonds is 2. The molecule has 0 aliphatic carbocycles. The molecule has 0 spiro atoms. The van der Waals surface area contributed by atoms with E-state index in [1.807, 2.05) is 0 Å². The van der Waals surface area contributed by atoms with Crippen molar-refractivity contribution < 1.29 is 9.53 Å². The lowest BCUT2D eigenvalue weighted by molar-refractivity contribution is 0.0528. The highest BCUT2D eigenvalue weighted by Gasteiger charge is 2.13. The molecule has 0 unspecified atom stereocenters. The van der Waals surface area contributed by atoms with Crippen molar-refractivity contribution in [2.24, 2.45) is 0 Å². The van der Waals surface area contributed by atoms with Crippen molar-refractivity contribution in [3.8, 4) is 0 Å². The number of H-pyrrole nitrogens is 1. The Morgan fingerprint density at radius 3 is 3.21 bits per heavy atom. The maximum Gasteiger partial charge on any atom is 0.340 e. The fourth-order valence-corrected chi connectivity index (χ4v) is 1.13. The van der Waals surface area contributed by atoms with E-state index in [1.165, 1.54) is 6.20 Å². The number of carbonyl (C=O) groups excluding carboxylic acids is 1. The molecule has 14 heavy (non-hydrogen) atoms. The first kappa shape index (κ1) is 8.61. The van der Waals surface area contributed by atoms with Gasteiger partial charge in [-0.25, -0.2) is 9.78 Å². The quantitative estimate of drug-likeness (QED) is 0.702. The zero-order chi connectivity index (χ0) is 9.97. The number of carbonyl (C=O) groups is 1. The summed E-state index contributed by atoms with van der Waals surface area (Å²) >= 11 is 0. The van der Waals surface area contributed by atoms with Crippen LogP contribution in [0.2, 0.25) is 0 Å². The second kappa shape index (κ2) is 3.41. The van der Waals surface area contributed by atoms with Gasteiger partial charge in [-0.15, -0.1) is 5.10 Å². The highest BCUT2D eigenvalue weighted by molar-refractivity contribution is 6.00. The van der Waals surface area contributed by atoms with E-state index in [2.05, 4.69) is 20.4 Å². The molecule has 0 saturated carbocycles. The number of nitrogens with zero attached hydrogens (tertiary/aromatic N) is 3. The number of aromatic nitrogens is 4.